The second-order valence-electron chi connectivity index (χ2n) is 4.13. The molecule has 1 aromatic rings. The van der Waals surface area contributed by atoms with Crippen LogP contribution in [0.2, 0.25) is 0 Å². The third kappa shape index (κ3) is 1.83. The number of aliphatic imine (C=N–C) groups is 1. The summed E-state index contributed by atoms with van der Waals surface area (Å²) < 4.78 is 27.0. The first-order valence-corrected chi connectivity index (χ1v) is 5.57. The first-order valence-electron chi connectivity index (χ1n) is 5.57. The van der Waals surface area contributed by atoms with E-state index in [1.807, 2.05) is 0 Å². The van der Waals surface area contributed by atoms with E-state index in [4.69, 9.17) is 0 Å². The highest BCUT2D eigenvalue weighted by Gasteiger charge is 2.44. The molecule has 2 N–H and O–H groups in total. The summed E-state index contributed by atoms with van der Waals surface area (Å²) in [6.45, 7) is 3.77. The number of carbonyl (C=O) groups is 1. The number of hydrogen-bond acceptors (Lipinski definition) is 2. The smallest absolute Gasteiger partial charge is 0.256 e. The second-order valence-corrected chi connectivity index (χ2v) is 4.13. The van der Waals surface area contributed by atoms with E-state index in [0.29, 0.717) is 6.54 Å². The molecule has 0 saturated carbocycles. The van der Waals surface area contributed by atoms with Gasteiger partial charge in [-0.25, -0.2) is 8.78 Å². The van der Waals surface area contributed by atoms with Crippen molar-refractivity contribution in [3.05, 3.63) is 35.4 Å². The summed E-state index contributed by atoms with van der Waals surface area (Å²) >= 11 is 0. The van der Waals surface area contributed by atoms with E-state index in [9.17, 15) is 13.6 Å². The monoisotopic (exact) mass is 253 g/mol. The van der Waals surface area contributed by atoms with Crippen LogP contribution in [0.1, 0.15) is 19.4 Å². The molecule has 0 spiro atoms. The number of nitrogens with zero attached hydrogens (tertiary/aromatic N) is 1. The zero-order valence-corrected chi connectivity index (χ0v) is 10.1. The molecule has 1 unspecified atom stereocenters. The summed E-state index contributed by atoms with van der Waals surface area (Å²) in [4.78, 5) is 15.9. The minimum Gasteiger partial charge on any atom is -0.338 e. The molecular formula is C12H13F2N3O. The first kappa shape index (κ1) is 12.5. The maximum absolute atomic E-state index is 13.8. The van der Waals surface area contributed by atoms with E-state index in [0.717, 1.165) is 6.07 Å². The van der Waals surface area contributed by atoms with Gasteiger partial charge < -0.3 is 5.32 Å². The van der Waals surface area contributed by atoms with E-state index in [1.165, 1.54) is 19.1 Å². The predicted octanol–water partition coefficient (Wildman–Crippen LogP) is 1.28. The van der Waals surface area contributed by atoms with Crippen molar-refractivity contribution in [1.82, 2.24) is 10.6 Å². The molecule has 1 aliphatic rings. The zero-order valence-electron chi connectivity index (χ0n) is 10.1. The maximum Gasteiger partial charge on any atom is 0.256 e. The minimum atomic E-state index is -1.35. The number of benzene rings is 1. The van der Waals surface area contributed by atoms with Crippen molar-refractivity contribution in [1.29, 1.82) is 0 Å². The van der Waals surface area contributed by atoms with Gasteiger partial charge in [-0.1, -0.05) is 12.1 Å². The van der Waals surface area contributed by atoms with Crippen molar-refractivity contribution in [3.63, 3.8) is 0 Å². The maximum atomic E-state index is 13.8. The van der Waals surface area contributed by atoms with Crippen molar-refractivity contribution < 1.29 is 13.6 Å². The normalized spacial score (nSPS) is 25.1. The van der Waals surface area contributed by atoms with E-state index in [2.05, 4.69) is 15.6 Å². The minimum absolute atomic E-state index is 0.0405. The highest BCUT2D eigenvalue weighted by molar-refractivity contribution is 6.09. The molecule has 1 heterocycles. The van der Waals surface area contributed by atoms with Crippen LogP contribution in [0.4, 0.5) is 8.78 Å². The summed E-state index contributed by atoms with van der Waals surface area (Å²) in [5.74, 6) is -2.20. The summed E-state index contributed by atoms with van der Waals surface area (Å²) in [5, 5.41) is 5.29. The molecule has 6 heteroatoms. The second kappa shape index (κ2) is 4.36. The van der Waals surface area contributed by atoms with Crippen molar-refractivity contribution in [3.8, 4) is 0 Å². The van der Waals surface area contributed by atoms with Crippen LogP contribution < -0.4 is 10.6 Å². The lowest BCUT2D eigenvalue weighted by Crippen LogP contribution is -2.41. The van der Waals surface area contributed by atoms with Crippen LogP contribution >= 0.6 is 0 Å². The fourth-order valence-electron chi connectivity index (χ4n) is 1.87. The lowest BCUT2D eigenvalue weighted by atomic mass is 9.92. The standard InChI is InChI=1S/C12H13F2N3O/c1-3-15-11-16-10(18)12(2,17-11)7-5-4-6-8(13)9(7)14/h4-6H,3H2,1-2H3,(H2,15,16,17,18). The summed E-state index contributed by atoms with van der Waals surface area (Å²) in [6.07, 6.45) is 0. The number of nitrogens with one attached hydrogen (secondary N) is 2. The Labute approximate surface area is 103 Å². The van der Waals surface area contributed by atoms with E-state index in [-0.39, 0.29) is 11.5 Å². The van der Waals surface area contributed by atoms with Gasteiger partial charge in [-0.15, -0.1) is 0 Å². The van der Waals surface area contributed by atoms with Gasteiger partial charge in [0.2, 0.25) is 0 Å². The van der Waals surface area contributed by atoms with Crippen LogP contribution in [0.5, 0.6) is 0 Å². The first-order chi connectivity index (χ1) is 8.49. The van der Waals surface area contributed by atoms with Crippen LogP contribution in [0, 0.1) is 11.6 Å². The number of carbonyl (C=O) groups excluding carboxylic acids is 1. The van der Waals surface area contributed by atoms with Gasteiger partial charge in [-0.2, -0.15) is 0 Å². The Balaban J connectivity index is 2.46. The fourth-order valence-corrected chi connectivity index (χ4v) is 1.87. The third-order valence-electron chi connectivity index (χ3n) is 2.86. The molecule has 4 nitrogen and oxygen atoms in total. The molecule has 0 bridgehead atoms. The van der Waals surface area contributed by atoms with Crippen molar-refractivity contribution in [2.24, 2.45) is 4.99 Å². The molecule has 0 radical (unpaired) electrons. The van der Waals surface area contributed by atoms with Gasteiger partial charge in [-0.05, 0) is 19.9 Å². The molecule has 1 aliphatic heterocycles. The Morgan fingerprint density at radius 3 is 2.78 bits per heavy atom. The van der Waals surface area contributed by atoms with Gasteiger partial charge in [0.05, 0.1) is 0 Å². The Bertz CT molecular complexity index is 530. The average molecular weight is 253 g/mol. The lowest BCUT2D eigenvalue weighted by molar-refractivity contribution is -0.123. The lowest BCUT2D eigenvalue weighted by Gasteiger charge is -2.22. The van der Waals surface area contributed by atoms with Crippen LogP contribution in [-0.4, -0.2) is 18.4 Å². The van der Waals surface area contributed by atoms with E-state index in [1.54, 1.807) is 6.92 Å². The number of amides is 1. The summed E-state index contributed by atoms with van der Waals surface area (Å²) in [7, 11) is 0. The Morgan fingerprint density at radius 2 is 2.11 bits per heavy atom. The van der Waals surface area contributed by atoms with Gasteiger partial charge in [0.25, 0.3) is 5.91 Å². The van der Waals surface area contributed by atoms with Crippen LogP contribution in [-0.2, 0) is 10.3 Å². The summed E-state index contributed by atoms with van der Waals surface area (Å²) in [6, 6.07) is 3.75. The Morgan fingerprint density at radius 1 is 1.39 bits per heavy atom. The molecule has 1 saturated heterocycles. The largest absolute Gasteiger partial charge is 0.338 e. The average Bonchev–Trinajstić information content (AvgIpc) is 2.59. The van der Waals surface area contributed by atoms with Gasteiger partial charge >= 0.3 is 0 Å². The molecule has 96 valence electrons. The van der Waals surface area contributed by atoms with Crippen molar-refractivity contribution in [2.75, 3.05) is 6.54 Å². The quantitative estimate of drug-likeness (QED) is 0.834. The summed E-state index contributed by atoms with van der Waals surface area (Å²) in [5.41, 5.74) is -1.39. The van der Waals surface area contributed by atoms with Crippen LogP contribution in [0.15, 0.2) is 23.2 Å². The van der Waals surface area contributed by atoms with Gasteiger partial charge in [-0.3, -0.25) is 15.1 Å². The Kier molecular flexibility index (Phi) is 3.02. The van der Waals surface area contributed by atoms with Crippen LogP contribution in [0.3, 0.4) is 0 Å². The molecule has 0 aromatic heterocycles. The van der Waals surface area contributed by atoms with Gasteiger partial charge in [0.1, 0.15) is 5.54 Å². The number of rotatable bonds is 2. The molecule has 1 atom stereocenters. The van der Waals surface area contributed by atoms with Crippen molar-refractivity contribution >= 4 is 11.9 Å². The highest BCUT2D eigenvalue weighted by atomic mass is 19.2. The third-order valence-corrected chi connectivity index (χ3v) is 2.86. The number of guanidine groups is 1. The highest BCUT2D eigenvalue weighted by Crippen LogP contribution is 2.27. The van der Waals surface area contributed by atoms with Gasteiger partial charge in [0, 0.05) is 12.1 Å². The van der Waals surface area contributed by atoms with Crippen molar-refractivity contribution in [2.45, 2.75) is 19.4 Å². The number of hydrogen-bond donors (Lipinski definition) is 2. The fraction of sp³-hybridized carbons (Fsp3) is 0.333. The SMILES string of the molecule is CCN=C1NC(=O)C(C)(c2cccc(F)c2F)N1. The topological polar surface area (TPSA) is 53.5 Å². The van der Waals surface area contributed by atoms with E-state index >= 15 is 0 Å². The van der Waals surface area contributed by atoms with E-state index < -0.39 is 23.1 Å². The van der Waals surface area contributed by atoms with Crippen LogP contribution in [0.25, 0.3) is 0 Å². The number of halogens is 2. The Hall–Kier alpha value is -1.98. The molecular weight excluding hydrogens is 240 g/mol. The predicted molar refractivity (Wildman–Crippen MR) is 63.0 cm³/mol. The molecule has 1 aromatic carbocycles. The molecule has 2 rings (SSSR count). The molecule has 1 fully saturated rings. The molecule has 18 heavy (non-hydrogen) atoms. The molecule has 1 amide bonds. The molecule has 0 aliphatic carbocycles. The van der Waals surface area contributed by atoms with Gasteiger partial charge in [0.15, 0.2) is 17.6 Å². The zero-order chi connectivity index (χ0) is 13.3.